The van der Waals surface area contributed by atoms with Gasteiger partial charge in [0.25, 0.3) is 0 Å². The van der Waals surface area contributed by atoms with E-state index in [1.807, 2.05) is 24.7 Å². The van der Waals surface area contributed by atoms with Crippen LogP contribution >= 0.6 is 22.7 Å². The first-order valence-corrected chi connectivity index (χ1v) is 7.01. The van der Waals surface area contributed by atoms with Gasteiger partial charge in [-0.3, -0.25) is 4.98 Å². The molecule has 17 heavy (non-hydrogen) atoms. The molecule has 0 saturated heterocycles. The maximum Gasteiger partial charge on any atom is 0.0888 e. The summed E-state index contributed by atoms with van der Waals surface area (Å²) in [6.07, 6.45) is 1.84. The number of hydrogen-bond donors (Lipinski definition) is 0. The first-order chi connectivity index (χ1) is 8.36. The molecule has 3 aromatic rings. The zero-order valence-corrected chi connectivity index (χ0v) is 10.9. The van der Waals surface area contributed by atoms with Crippen LogP contribution in [0.3, 0.4) is 0 Å². The van der Waals surface area contributed by atoms with E-state index in [-0.39, 0.29) is 0 Å². The van der Waals surface area contributed by atoms with Crippen molar-refractivity contribution in [3.8, 4) is 21.0 Å². The molecule has 0 amide bonds. The second-order valence-corrected chi connectivity index (χ2v) is 5.45. The van der Waals surface area contributed by atoms with E-state index in [9.17, 15) is 0 Å². The third-order valence-electron chi connectivity index (χ3n) is 2.55. The number of aryl methyl sites for hydroxylation is 1. The fourth-order valence-corrected chi connectivity index (χ4v) is 3.32. The Morgan fingerprint density at radius 1 is 1.06 bits per heavy atom. The number of nitrogens with zero attached hydrogens (tertiary/aromatic N) is 2. The molecule has 0 spiro atoms. The maximum atomic E-state index is 4.51. The second-order valence-electron chi connectivity index (χ2n) is 3.64. The lowest BCUT2D eigenvalue weighted by Crippen LogP contribution is -1.86. The number of thiazole rings is 1. The van der Waals surface area contributed by atoms with Gasteiger partial charge in [-0.05, 0) is 30.5 Å². The van der Waals surface area contributed by atoms with E-state index in [1.54, 1.807) is 22.7 Å². The second kappa shape index (κ2) is 4.39. The van der Waals surface area contributed by atoms with Crippen LogP contribution in [-0.4, -0.2) is 9.97 Å². The molecule has 0 radical (unpaired) electrons. The van der Waals surface area contributed by atoms with Crippen LogP contribution in [0, 0.1) is 6.92 Å². The van der Waals surface area contributed by atoms with Crippen LogP contribution in [0.15, 0.2) is 41.4 Å². The summed E-state index contributed by atoms with van der Waals surface area (Å²) in [6.45, 7) is 2.04. The molecule has 0 atom stereocenters. The molecule has 3 heterocycles. The Labute approximate surface area is 108 Å². The summed E-state index contributed by atoms with van der Waals surface area (Å²) < 4.78 is 0. The van der Waals surface area contributed by atoms with Crippen molar-refractivity contribution in [3.63, 3.8) is 0 Å². The molecule has 0 aliphatic heterocycles. The highest BCUT2D eigenvalue weighted by molar-refractivity contribution is 7.14. The van der Waals surface area contributed by atoms with Gasteiger partial charge in [0.2, 0.25) is 0 Å². The fraction of sp³-hybridized carbons (Fsp3) is 0.0769. The maximum absolute atomic E-state index is 4.51. The molecule has 0 aliphatic carbocycles. The van der Waals surface area contributed by atoms with Gasteiger partial charge >= 0.3 is 0 Å². The van der Waals surface area contributed by atoms with Gasteiger partial charge in [-0.2, -0.15) is 0 Å². The van der Waals surface area contributed by atoms with Crippen molar-refractivity contribution in [3.05, 3.63) is 47.0 Å². The molecule has 0 saturated carbocycles. The first kappa shape index (κ1) is 10.6. The minimum atomic E-state index is 1.05. The normalized spacial score (nSPS) is 10.6. The zero-order chi connectivity index (χ0) is 11.7. The summed E-state index contributed by atoms with van der Waals surface area (Å²) >= 11 is 3.38. The van der Waals surface area contributed by atoms with Crippen LogP contribution in [-0.2, 0) is 0 Å². The molecule has 0 aromatic carbocycles. The lowest BCUT2D eigenvalue weighted by atomic mass is 10.1. The van der Waals surface area contributed by atoms with Crippen molar-refractivity contribution < 1.29 is 0 Å². The fourth-order valence-electron chi connectivity index (χ4n) is 1.76. The van der Waals surface area contributed by atoms with Crippen LogP contribution in [0.5, 0.6) is 0 Å². The van der Waals surface area contributed by atoms with Crippen LogP contribution in [0.2, 0.25) is 0 Å². The molecular weight excluding hydrogens is 248 g/mol. The number of pyridine rings is 1. The topological polar surface area (TPSA) is 25.8 Å². The average molecular weight is 258 g/mol. The Kier molecular flexibility index (Phi) is 2.74. The van der Waals surface area contributed by atoms with E-state index in [0.717, 1.165) is 11.4 Å². The molecule has 0 bridgehead atoms. The van der Waals surface area contributed by atoms with Gasteiger partial charge in [0, 0.05) is 11.8 Å². The summed E-state index contributed by atoms with van der Waals surface area (Å²) in [4.78, 5) is 11.2. The minimum Gasteiger partial charge on any atom is -0.255 e. The van der Waals surface area contributed by atoms with Crippen LogP contribution in [0.1, 0.15) is 5.69 Å². The average Bonchev–Trinajstić information content (AvgIpc) is 3.00. The summed E-state index contributed by atoms with van der Waals surface area (Å²) in [5.74, 6) is 0. The number of hydrogen-bond acceptors (Lipinski definition) is 4. The highest BCUT2D eigenvalue weighted by atomic mass is 32.1. The monoisotopic (exact) mass is 258 g/mol. The zero-order valence-electron chi connectivity index (χ0n) is 9.25. The summed E-state index contributed by atoms with van der Waals surface area (Å²) in [5, 5.41) is 2.08. The van der Waals surface area contributed by atoms with Gasteiger partial charge in [0.1, 0.15) is 0 Å². The van der Waals surface area contributed by atoms with Crippen LogP contribution < -0.4 is 0 Å². The molecule has 0 aliphatic rings. The molecule has 3 aromatic heterocycles. The summed E-state index contributed by atoms with van der Waals surface area (Å²) in [7, 11) is 0. The molecule has 3 rings (SSSR count). The van der Waals surface area contributed by atoms with E-state index >= 15 is 0 Å². The SMILES string of the molecule is Cc1ncsc1-c1cccnc1-c1cccs1. The largest absolute Gasteiger partial charge is 0.255 e. The van der Waals surface area contributed by atoms with Gasteiger partial charge in [0.05, 0.1) is 26.7 Å². The Bertz CT molecular complexity index is 626. The predicted molar refractivity (Wildman–Crippen MR) is 73.4 cm³/mol. The van der Waals surface area contributed by atoms with E-state index in [4.69, 9.17) is 0 Å². The lowest BCUT2D eigenvalue weighted by Gasteiger charge is -2.05. The minimum absolute atomic E-state index is 1.05. The molecule has 0 unspecified atom stereocenters. The van der Waals surface area contributed by atoms with Gasteiger partial charge in [-0.1, -0.05) is 6.07 Å². The molecule has 84 valence electrons. The lowest BCUT2D eigenvalue weighted by molar-refractivity contribution is 1.26. The molecular formula is C13H10N2S2. The Balaban J connectivity index is 2.22. The Morgan fingerprint density at radius 3 is 2.71 bits per heavy atom. The molecule has 2 nitrogen and oxygen atoms in total. The molecule has 4 heteroatoms. The summed E-state index contributed by atoms with van der Waals surface area (Å²) in [6, 6.07) is 8.25. The predicted octanol–water partition coefficient (Wildman–Crippen LogP) is 4.24. The van der Waals surface area contributed by atoms with Gasteiger partial charge < -0.3 is 0 Å². The first-order valence-electron chi connectivity index (χ1n) is 5.25. The van der Waals surface area contributed by atoms with Crippen molar-refractivity contribution in [2.45, 2.75) is 6.92 Å². The standard InChI is InChI=1S/C13H10N2S2/c1-9-13(17-8-15-9)10-4-2-6-14-12(10)11-5-3-7-16-11/h2-8H,1H3. The third kappa shape index (κ3) is 1.90. The highest BCUT2D eigenvalue weighted by Crippen LogP contribution is 2.35. The van der Waals surface area contributed by atoms with Gasteiger partial charge in [-0.15, -0.1) is 22.7 Å². The van der Waals surface area contributed by atoms with Gasteiger partial charge in [-0.25, -0.2) is 4.98 Å². The van der Waals surface area contributed by atoms with Crippen LogP contribution in [0.4, 0.5) is 0 Å². The van der Waals surface area contributed by atoms with Crippen molar-refractivity contribution in [1.82, 2.24) is 9.97 Å². The number of thiophene rings is 1. The summed E-state index contributed by atoms with van der Waals surface area (Å²) in [5.41, 5.74) is 5.18. The highest BCUT2D eigenvalue weighted by Gasteiger charge is 2.12. The Morgan fingerprint density at radius 2 is 2.00 bits per heavy atom. The van der Waals surface area contributed by atoms with Crippen molar-refractivity contribution in [2.75, 3.05) is 0 Å². The van der Waals surface area contributed by atoms with Crippen LogP contribution in [0.25, 0.3) is 21.0 Å². The Hall–Kier alpha value is -1.52. The van der Waals surface area contributed by atoms with Crippen molar-refractivity contribution in [1.29, 1.82) is 0 Å². The molecule has 0 N–H and O–H groups in total. The van der Waals surface area contributed by atoms with E-state index in [1.165, 1.54) is 15.3 Å². The van der Waals surface area contributed by atoms with Crippen molar-refractivity contribution >= 4 is 22.7 Å². The van der Waals surface area contributed by atoms with E-state index in [0.29, 0.717) is 0 Å². The van der Waals surface area contributed by atoms with E-state index < -0.39 is 0 Å². The molecule has 0 fully saturated rings. The van der Waals surface area contributed by atoms with Gasteiger partial charge in [0.15, 0.2) is 0 Å². The van der Waals surface area contributed by atoms with E-state index in [2.05, 4.69) is 33.5 Å². The smallest absolute Gasteiger partial charge is 0.0888 e. The number of aromatic nitrogens is 2. The quantitative estimate of drug-likeness (QED) is 0.687. The third-order valence-corrected chi connectivity index (χ3v) is 4.39. The van der Waals surface area contributed by atoms with Crippen molar-refractivity contribution in [2.24, 2.45) is 0 Å². The number of rotatable bonds is 2.